The molecule has 0 radical (unpaired) electrons. The summed E-state index contributed by atoms with van der Waals surface area (Å²) in [6.07, 6.45) is 3.33. The smallest absolute Gasteiger partial charge is 0.255 e. The van der Waals surface area contributed by atoms with E-state index >= 15 is 0 Å². The van der Waals surface area contributed by atoms with E-state index in [0.29, 0.717) is 13.1 Å². The van der Waals surface area contributed by atoms with Crippen molar-refractivity contribution in [2.75, 3.05) is 0 Å². The van der Waals surface area contributed by atoms with Crippen LogP contribution in [0.15, 0.2) is 83.0 Å². The first kappa shape index (κ1) is 15.7. The summed E-state index contributed by atoms with van der Waals surface area (Å²) in [4.78, 5) is 16.3. The van der Waals surface area contributed by atoms with Gasteiger partial charge >= 0.3 is 0 Å². The lowest BCUT2D eigenvalue weighted by Gasteiger charge is -2.22. The molecule has 0 aliphatic carbocycles. The third-order valence-corrected chi connectivity index (χ3v) is 5.05. The molecule has 0 aliphatic rings. The van der Waals surface area contributed by atoms with Crippen LogP contribution in [0.1, 0.15) is 20.8 Å². The van der Waals surface area contributed by atoms with Gasteiger partial charge in [0.05, 0.1) is 19.1 Å². The summed E-state index contributed by atoms with van der Waals surface area (Å²) in [6, 6.07) is 19.9. The van der Waals surface area contributed by atoms with E-state index < -0.39 is 0 Å². The van der Waals surface area contributed by atoms with Crippen molar-refractivity contribution in [1.29, 1.82) is 0 Å². The second-order valence-electron chi connectivity index (χ2n) is 5.90. The number of hydrogen-bond acceptors (Lipinski definition) is 3. The molecule has 124 valence electrons. The first-order valence-corrected chi connectivity index (χ1v) is 9.00. The summed E-state index contributed by atoms with van der Waals surface area (Å²) in [5.74, 6) is 0.0337. The van der Waals surface area contributed by atoms with Gasteiger partial charge in [0.15, 0.2) is 0 Å². The van der Waals surface area contributed by atoms with E-state index in [1.165, 1.54) is 0 Å². The molecule has 2 aromatic heterocycles. The molecule has 0 saturated carbocycles. The van der Waals surface area contributed by atoms with Crippen LogP contribution >= 0.6 is 11.3 Å². The zero-order chi connectivity index (χ0) is 17.1. The molecule has 0 fully saturated rings. The first-order chi connectivity index (χ1) is 12.3. The van der Waals surface area contributed by atoms with Gasteiger partial charge in [0.25, 0.3) is 5.91 Å². The van der Waals surface area contributed by atoms with Gasteiger partial charge in [0.1, 0.15) is 0 Å². The lowest BCUT2D eigenvalue weighted by molar-refractivity contribution is 0.0733. The zero-order valence-corrected chi connectivity index (χ0v) is 14.4. The molecule has 2 aromatic carbocycles. The van der Waals surface area contributed by atoms with Gasteiger partial charge in [-0.25, -0.2) is 0 Å². The lowest BCUT2D eigenvalue weighted by atomic mass is 10.0. The first-order valence-electron chi connectivity index (χ1n) is 8.12. The van der Waals surface area contributed by atoms with Crippen LogP contribution in [0.2, 0.25) is 0 Å². The molecule has 1 amide bonds. The normalized spacial score (nSPS) is 10.9. The number of benzene rings is 2. The minimum Gasteiger partial charge on any atom is -0.472 e. The van der Waals surface area contributed by atoms with E-state index in [-0.39, 0.29) is 5.91 Å². The Morgan fingerprint density at radius 2 is 1.84 bits per heavy atom. The lowest BCUT2D eigenvalue weighted by Crippen LogP contribution is -2.29. The molecular weight excluding hydrogens is 330 g/mol. The Labute approximate surface area is 150 Å². The largest absolute Gasteiger partial charge is 0.472 e. The Bertz CT molecular complexity index is 933. The molecule has 0 aliphatic heterocycles. The van der Waals surface area contributed by atoms with E-state index in [0.717, 1.165) is 26.8 Å². The summed E-state index contributed by atoms with van der Waals surface area (Å²) < 4.78 is 5.17. The van der Waals surface area contributed by atoms with Crippen molar-refractivity contribution in [2.45, 2.75) is 13.1 Å². The molecule has 4 heteroatoms. The summed E-state index contributed by atoms with van der Waals surface area (Å²) in [5.41, 5.74) is 1.73. The summed E-state index contributed by atoms with van der Waals surface area (Å²) in [5, 5.41) is 4.10. The van der Waals surface area contributed by atoms with Crippen LogP contribution in [-0.4, -0.2) is 10.8 Å². The highest BCUT2D eigenvalue weighted by molar-refractivity contribution is 7.09. The van der Waals surface area contributed by atoms with Gasteiger partial charge in [-0.15, -0.1) is 11.3 Å². The van der Waals surface area contributed by atoms with Crippen LogP contribution in [0, 0.1) is 0 Å². The maximum Gasteiger partial charge on any atom is 0.255 e. The van der Waals surface area contributed by atoms with Gasteiger partial charge in [0, 0.05) is 22.5 Å². The molecule has 4 aromatic rings. The van der Waals surface area contributed by atoms with Crippen molar-refractivity contribution in [3.63, 3.8) is 0 Å². The molecule has 0 bridgehead atoms. The maximum absolute atomic E-state index is 13.3. The molecular formula is C21H17NO2S. The highest BCUT2D eigenvalue weighted by Gasteiger charge is 2.19. The maximum atomic E-state index is 13.3. The topological polar surface area (TPSA) is 33.5 Å². The molecule has 0 atom stereocenters. The Balaban J connectivity index is 1.70. The van der Waals surface area contributed by atoms with Crippen molar-refractivity contribution in [2.24, 2.45) is 0 Å². The predicted molar refractivity (Wildman–Crippen MR) is 101 cm³/mol. The monoisotopic (exact) mass is 347 g/mol. The molecule has 25 heavy (non-hydrogen) atoms. The molecule has 0 unspecified atom stereocenters. The minimum atomic E-state index is 0.0337. The number of amides is 1. The molecule has 3 nitrogen and oxygen atoms in total. The van der Waals surface area contributed by atoms with Gasteiger partial charge in [-0.2, -0.15) is 0 Å². The number of carbonyl (C=O) groups is 1. The van der Waals surface area contributed by atoms with Crippen molar-refractivity contribution in [3.8, 4) is 0 Å². The number of carbonyl (C=O) groups excluding carboxylic acids is 1. The summed E-state index contributed by atoms with van der Waals surface area (Å²) in [6.45, 7) is 1.11. The molecule has 2 heterocycles. The predicted octanol–water partition coefficient (Wildman–Crippen LogP) is 5.34. The van der Waals surface area contributed by atoms with Crippen LogP contribution in [0.4, 0.5) is 0 Å². The van der Waals surface area contributed by atoms with Crippen molar-refractivity contribution in [1.82, 2.24) is 4.90 Å². The third kappa shape index (κ3) is 3.35. The molecule has 4 rings (SSSR count). The van der Waals surface area contributed by atoms with Gasteiger partial charge in [0.2, 0.25) is 0 Å². The standard InChI is InChI=1S/C21H17NO2S/c23-21(20-9-3-6-17-5-1-2-8-19(17)20)22(13-16-10-11-24-15-16)14-18-7-4-12-25-18/h1-12,15H,13-14H2. The van der Waals surface area contributed by atoms with Crippen molar-refractivity contribution >= 4 is 28.0 Å². The van der Waals surface area contributed by atoms with Crippen LogP contribution in [0.5, 0.6) is 0 Å². The van der Waals surface area contributed by atoms with Gasteiger partial charge in [-0.1, -0.05) is 42.5 Å². The van der Waals surface area contributed by atoms with E-state index in [2.05, 4.69) is 6.07 Å². The average molecular weight is 347 g/mol. The van der Waals surface area contributed by atoms with Crippen LogP contribution in [0.3, 0.4) is 0 Å². The number of furan rings is 1. The van der Waals surface area contributed by atoms with E-state index in [1.54, 1.807) is 23.9 Å². The highest BCUT2D eigenvalue weighted by atomic mass is 32.1. The number of rotatable bonds is 5. The fraction of sp³-hybridized carbons (Fsp3) is 0.0952. The zero-order valence-electron chi connectivity index (χ0n) is 13.6. The van der Waals surface area contributed by atoms with Gasteiger partial charge in [-0.3, -0.25) is 4.79 Å². The quantitative estimate of drug-likeness (QED) is 0.488. The van der Waals surface area contributed by atoms with E-state index in [4.69, 9.17) is 4.42 Å². The number of nitrogens with zero attached hydrogens (tertiary/aromatic N) is 1. The third-order valence-electron chi connectivity index (χ3n) is 4.19. The average Bonchev–Trinajstić information content (AvgIpc) is 3.34. The fourth-order valence-electron chi connectivity index (χ4n) is 2.98. The highest BCUT2D eigenvalue weighted by Crippen LogP contribution is 2.23. The molecule has 0 saturated heterocycles. The van der Waals surface area contributed by atoms with E-state index in [9.17, 15) is 4.79 Å². The second kappa shape index (κ2) is 6.95. The van der Waals surface area contributed by atoms with Gasteiger partial charge < -0.3 is 9.32 Å². The van der Waals surface area contributed by atoms with Crippen LogP contribution in [-0.2, 0) is 13.1 Å². The van der Waals surface area contributed by atoms with E-state index in [1.807, 2.05) is 64.9 Å². The van der Waals surface area contributed by atoms with Crippen LogP contribution in [0.25, 0.3) is 10.8 Å². The van der Waals surface area contributed by atoms with Crippen molar-refractivity contribution < 1.29 is 9.21 Å². The minimum absolute atomic E-state index is 0.0337. The van der Waals surface area contributed by atoms with Crippen LogP contribution < -0.4 is 0 Å². The summed E-state index contributed by atoms with van der Waals surface area (Å²) >= 11 is 1.66. The molecule has 0 spiro atoms. The fourth-order valence-corrected chi connectivity index (χ4v) is 3.69. The van der Waals surface area contributed by atoms with Gasteiger partial charge in [-0.05, 0) is 34.4 Å². The molecule has 0 N–H and O–H groups in total. The number of hydrogen-bond donors (Lipinski definition) is 0. The Hall–Kier alpha value is -2.85. The summed E-state index contributed by atoms with van der Waals surface area (Å²) in [7, 11) is 0. The Morgan fingerprint density at radius 3 is 2.64 bits per heavy atom. The van der Waals surface area contributed by atoms with Crippen molar-refractivity contribution in [3.05, 3.63) is 94.6 Å². The number of fused-ring (bicyclic) bond motifs is 1. The Kier molecular flexibility index (Phi) is 4.36. The SMILES string of the molecule is O=C(c1cccc2ccccc12)N(Cc1ccoc1)Cc1cccs1. The Morgan fingerprint density at radius 1 is 0.960 bits per heavy atom. The second-order valence-corrected chi connectivity index (χ2v) is 6.93. The number of thiophene rings is 1.